The van der Waals surface area contributed by atoms with E-state index in [0.717, 1.165) is 16.0 Å². The second-order valence-corrected chi connectivity index (χ2v) is 10.1. The third kappa shape index (κ3) is 6.03. The second kappa shape index (κ2) is 12.7. The molecule has 0 saturated heterocycles. The van der Waals surface area contributed by atoms with E-state index in [1.54, 1.807) is 49.6 Å². The van der Waals surface area contributed by atoms with Crippen LogP contribution in [0.2, 0.25) is 0 Å². The number of thiophene rings is 1. The van der Waals surface area contributed by atoms with E-state index in [2.05, 4.69) is 0 Å². The Bertz CT molecular complexity index is 1650. The van der Waals surface area contributed by atoms with Gasteiger partial charge in [-0.1, -0.05) is 18.2 Å². The summed E-state index contributed by atoms with van der Waals surface area (Å²) in [6, 6.07) is 17.9. The van der Waals surface area contributed by atoms with Crippen molar-refractivity contribution in [3.8, 4) is 39.9 Å². The van der Waals surface area contributed by atoms with Gasteiger partial charge in [-0.15, -0.1) is 11.3 Å². The van der Waals surface area contributed by atoms with Crippen molar-refractivity contribution in [2.24, 2.45) is 0 Å². The third-order valence-electron chi connectivity index (χ3n) is 6.72. The van der Waals surface area contributed by atoms with Crippen molar-refractivity contribution in [1.29, 1.82) is 0 Å². The third-order valence-corrected chi connectivity index (χ3v) is 7.58. The Balaban J connectivity index is 1.49. The van der Waals surface area contributed by atoms with Crippen molar-refractivity contribution in [1.82, 2.24) is 0 Å². The van der Waals surface area contributed by atoms with Crippen LogP contribution in [0.25, 0.3) is 17.2 Å². The fourth-order valence-electron chi connectivity index (χ4n) is 4.58. The fraction of sp³-hybridized carbons (Fsp3) is 0.188. The molecule has 0 atom stereocenters. The molecule has 0 bridgehead atoms. The molecule has 9 nitrogen and oxygen atoms in total. The van der Waals surface area contributed by atoms with Crippen molar-refractivity contribution in [2.75, 3.05) is 28.1 Å². The van der Waals surface area contributed by atoms with E-state index in [9.17, 15) is 14.7 Å². The highest BCUT2D eigenvalue weighted by molar-refractivity contribution is 7.11. The topological polar surface area (TPSA) is 110 Å². The lowest BCUT2D eigenvalue weighted by atomic mass is 10.00. The lowest BCUT2D eigenvalue weighted by molar-refractivity contribution is -0.132. The van der Waals surface area contributed by atoms with E-state index in [-0.39, 0.29) is 25.4 Å². The van der Waals surface area contributed by atoms with Gasteiger partial charge in [0.15, 0.2) is 11.5 Å². The van der Waals surface area contributed by atoms with Crippen LogP contribution >= 0.6 is 11.3 Å². The minimum atomic E-state index is -1.06. The Morgan fingerprint density at radius 3 is 2.43 bits per heavy atom. The van der Waals surface area contributed by atoms with E-state index in [0.29, 0.717) is 45.4 Å². The monoisotopic (exact) mass is 588 g/mol. The molecule has 0 saturated carbocycles. The van der Waals surface area contributed by atoms with Gasteiger partial charge in [-0.3, -0.25) is 0 Å². The number of hydrogen-bond acceptors (Lipinski definition) is 9. The molecule has 4 aromatic rings. The van der Waals surface area contributed by atoms with E-state index in [1.165, 1.54) is 25.6 Å². The SMILES string of the molecule is COC(=O)c1ccccc1COc1cc(OC)ccc1-c1ccsc1/C=C(\Cc1cc2c(cc1OC)OCO2)C(=O)O. The van der Waals surface area contributed by atoms with Crippen LogP contribution in [0.15, 0.2) is 71.6 Å². The van der Waals surface area contributed by atoms with Crippen molar-refractivity contribution < 1.29 is 43.1 Å². The molecule has 0 spiro atoms. The molecule has 1 aromatic heterocycles. The van der Waals surface area contributed by atoms with E-state index < -0.39 is 11.9 Å². The first kappa shape index (κ1) is 28.6. The molecule has 5 rings (SSSR count). The molecule has 10 heteroatoms. The van der Waals surface area contributed by atoms with Gasteiger partial charge >= 0.3 is 11.9 Å². The zero-order valence-electron chi connectivity index (χ0n) is 23.2. The molecule has 42 heavy (non-hydrogen) atoms. The van der Waals surface area contributed by atoms with Crippen LogP contribution in [0.3, 0.4) is 0 Å². The van der Waals surface area contributed by atoms with Crippen LogP contribution in [0.4, 0.5) is 0 Å². The number of methoxy groups -OCH3 is 3. The van der Waals surface area contributed by atoms with Gasteiger partial charge in [0.05, 0.1) is 26.9 Å². The van der Waals surface area contributed by atoms with Gasteiger partial charge in [-0.25, -0.2) is 9.59 Å². The van der Waals surface area contributed by atoms with Gasteiger partial charge in [0.25, 0.3) is 0 Å². The Kier molecular flexibility index (Phi) is 8.63. The predicted octanol–water partition coefficient (Wildman–Crippen LogP) is 6.24. The largest absolute Gasteiger partial charge is 0.497 e. The van der Waals surface area contributed by atoms with Gasteiger partial charge in [0.2, 0.25) is 6.79 Å². The summed E-state index contributed by atoms with van der Waals surface area (Å²) < 4.78 is 33.0. The first-order valence-electron chi connectivity index (χ1n) is 12.9. The molecule has 0 aliphatic carbocycles. The number of carbonyl (C=O) groups is 2. The number of carboxylic acids is 1. The number of aliphatic carboxylic acids is 1. The molecule has 0 amide bonds. The van der Waals surface area contributed by atoms with Gasteiger partial charge in [-0.05, 0) is 41.8 Å². The van der Waals surface area contributed by atoms with Crippen LogP contribution in [-0.2, 0) is 22.6 Å². The zero-order valence-corrected chi connectivity index (χ0v) is 24.0. The maximum atomic E-state index is 12.4. The average Bonchev–Trinajstić information content (AvgIpc) is 3.67. The number of rotatable bonds is 11. The molecule has 1 N–H and O–H groups in total. The highest BCUT2D eigenvalue weighted by atomic mass is 32.1. The molecule has 1 aliphatic heterocycles. The molecule has 216 valence electrons. The van der Waals surface area contributed by atoms with E-state index in [1.807, 2.05) is 29.6 Å². The number of fused-ring (bicyclic) bond motifs is 1. The molecule has 0 radical (unpaired) electrons. The Hall–Kier alpha value is -4.96. The molecule has 1 aliphatic rings. The van der Waals surface area contributed by atoms with Crippen molar-refractivity contribution >= 4 is 29.4 Å². The quantitative estimate of drug-likeness (QED) is 0.161. The summed E-state index contributed by atoms with van der Waals surface area (Å²) in [6.45, 7) is 0.202. The lowest BCUT2D eigenvalue weighted by Gasteiger charge is -2.15. The average molecular weight is 589 g/mol. The molecule has 3 aromatic carbocycles. The summed E-state index contributed by atoms with van der Waals surface area (Å²) in [5.41, 5.74) is 3.42. The number of benzene rings is 3. The minimum absolute atomic E-state index is 0.0999. The first-order valence-corrected chi connectivity index (χ1v) is 13.7. The van der Waals surface area contributed by atoms with Crippen LogP contribution < -0.4 is 23.7 Å². The number of hydrogen-bond donors (Lipinski definition) is 1. The summed E-state index contributed by atoms with van der Waals surface area (Å²) in [6.07, 6.45) is 1.76. The maximum absolute atomic E-state index is 12.4. The number of carbonyl (C=O) groups excluding carboxylic acids is 1. The van der Waals surface area contributed by atoms with Crippen molar-refractivity contribution in [3.05, 3.63) is 93.2 Å². The van der Waals surface area contributed by atoms with E-state index in [4.69, 9.17) is 28.4 Å². The van der Waals surface area contributed by atoms with E-state index >= 15 is 0 Å². The van der Waals surface area contributed by atoms with Crippen molar-refractivity contribution in [2.45, 2.75) is 13.0 Å². The fourth-order valence-corrected chi connectivity index (χ4v) is 5.45. The number of ether oxygens (including phenoxy) is 6. The minimum Gasteiger partial charge on any atom is -0.497 e. The van der Waals surface area contributed by atoms with Gasteiger partial charge < -0.3 is 33.5 Å². The maximum Gasteiger partial charge on any atom is 0.338 e. The highest BCUT2D eigenvalue weighted by Gasteiger charge is 2.21. The van der Waals surface area contributed by atoms with Crippen LogP contribution in [0.5, 0.6) is 28.7 Å². The van der Waals surface area contributed by atoms with Crippen LogP contribution in [0.1, 0.15) is 26.4 Å². The molecular weight excluding hydrogens is 560 g/mol. The van der Waals surface area contributed by atoms with Gasteiger partial charge in [0.1, 0.15) is 23.9 Å². The number of esters is 1. The normalized spacial score (nSPS) is 12.1. The Morgan fingerprint density at radius 2 is 1.69 bits per heavy atom. The molecule has 0 fully saturated rings. The highest BCUT2D eigenvalue weighted by Crippen LogP contribution is 2.41. The van der Waals surface area contributed by atoms with Crippen molar-refractivity contribution in [3.63, 3.8) is 0 Å². The van der Waals surface area contributed by atoms with Crippen LogP contribution in [0, 0.1) is 0 Å². The molecule has 2 heterocycles. The van der Waals surface area contributed by atoms with Crippen LogP contribution in [-0.4, -0.2) is 45.2 Å². The summed E-state index contributed by atoms with van der Waals surface area (Å²) in [5.74, 6) is 1.19. The first-order chi connectivity index (χ1) is 20.4. The zero-order chi connectivity index (χ0) is 29.6. The summed E-state index contributed by atoms with van der Waals surface area (Å²) in [7, 11) is 4.42. The van der Waals surface area contributed by atoms with Gasteiger partial charge in [-0.2, -0.15) is 0 Å². The lowest BCUT2D eigenvalue weighted by Crippen LogP contribution is -2.08. The number of carboxylic acid groups (broad SMARTS) is 1. The summed E-state index contributed by atoms with van der Waals surface area (Å²) >= 11 is 1.41. The summed E-state index contributed by atoms with van der Waals surface area (Å²) in [5, 5.41) is 12.0. The molecule has 0 unspecified atom stereocenters. The molecular formula is C32H28O9S. The summed E-state index contributed by atoms with van der Waals surface area (Å²) in [4.78, 5) is 25.4. The Labute approximate surface area is 246 Å². The second-order valence-electron chi connectivity index (χ2n) is 9.17. The standard InChI is InChI=1S/C32H28O9S/c1-36-22-8-9-24(27(15-22)39-17-19-6-4-5-7-23(19)32(35)38-3)25-10-11-42-30(25)14-21(31(33)34)12-20-13-28-29(41-18-40-28)16-26(20)37-2/h4-11,13-16H,12,17-18H2,1-3H3,(H,33,34)/b21-14+. The van der Waals surface area contributed by atoms with Gasteiger partial charge in [0, 0.05) is 51.3 Å². The smallest absolute Gasteiger partial charge is 0.338 e. The predicted molar refractivity (Wildman–Crippen MR) is 157 cm³/mol. The Morgan fingerprint density at radius 1 is 0.905 bits per heavy atom.